The molecule has 1 aromatic carbocycles. The number of benzene rings is 1. The molecule has 3 rings (SSSR count). The third-order valence-corrected chi connectivity index (χ3v) is 8.51. The third kappa shape index (κ3) is 21.2. The lowest BCUT2D eigenvalue weighted by Crippen LogP contribution is -2.54. The van der Waals surface area contributed by atoms with Crippen molar-refractivity contribution in [3.63, 3.8) is 0 Å². The molecule has 20 heteroatoms. The molecular formula is C40H63N3O17. The summed E-state index contributed by atoms with van der Waals surface area (Å²) in [5.74, 6) is -2.44. The molecule has 1 aromatic rings. The van der Waals surface area contributed by atoms with Crippen molar-refractivity contribution in [2.24, 2.45) is 0 Å². The van der Waals surface area contributed by atoms with Crippen molar-refractivity contribution in [1.29, 1.82) is 0 Å². The summed E-state index contributed by atoms with van der Waals surface area (Å²) in [7, 11) is 0. The summed E-state index contributed by atoms with van der Waals surface area (Å²) in [6.45, 7) is 12.0. The predicted octanol–water partition coefficient (Wildman–Crippen LogP) is 0.636. The molecule has 2 heterocycles. The number of anilines is 1. The van der Waals surface area contributed by atoms with Gasteiger partial charge in [-0.3, -0.25) is 34.2 Å². The quantitative estimate of drug-likeness (QED) is 0.0527. The largest absolute Gasteiger partial charge is 0.466 e. The maximum absolute atomic E-state index is 13.2. The van der Waals surface area contributed by atoms with Crippen LogP contribution in [0.25, 0.3) is 0 Å². The number of ether oxygens (including phenoxy) is 12. The summed E-state index contributed by atoms with van der Waals surface area (Å²) in [5, 5.41) is 5.33. The summed E-state index contributed by atoms with van der Waals surface area (Å²) >= 11 is 0. The average molecular weight is 858 g/mol. The first-order valence-electron chi connectivity index (χ1n) is 20.5. The number of hydrogen-bond acceptors (Lipinski definition) is 18. The number of piperidine rings is 1. The smallest absolute Gasteiger partial charge is 0.308 e. The van der Waals surface area contributed by atoms with Crippen molar-refractivity contribution < 1.29 is 80.8 Å². The second-order valence-electron chi connectivity index (χ2n) is 12.9. The average Bonchev–Trinajstić information content (AvgIpc) is 3.49. The highest BCUT2D eigenvalue weighted by atomic mass is 16.6. The molecule has 60 heavy (non-hydrogen) atoms. The number of fused-ring (bicyclic) bond motifs is 1. The van der Waals surface area contributed by atoms with Crippen LogP contribution in [0.1, 0.15) is 46.9 Å². The zero-order valence-corrected chi connectivity index (χ0v) is 34.8. The molecule has 0 bridgehead atoms. The Morgan fingerprint density at radius 1 is 0.600 bits per heavy atom. The Hall–Kier alpha value is -3.67. The number of carbonyl (C=O) groups excluding carboxylic acids is 5. The molecule has 0 saturated carbocycles. The van der Waals surface area contributed by atoms with Crippen LogP contribution in [0.2, 0.25) is 0 Å². The minimum Gasteiger partial charge on any atom is -0.466 e. The standard InChI is InChI=1S/C40H63N3O17/c1-2-60-36(45)8-10-49-12-14-51-16-18-53-20-22-55-24-26-57-28-30-59-31-29-58-27-25-56-23-21-54-19-17-52-15-13-50-11-9-41-33-5-3-4-32-37(33)40(48)43(39(32)47)34-6-7-35(44)42-38(34)46/h3-5,34,41H,2,6-31H2,1H3,(H,42,44,46). The van der Waals surface area contributed by atoms with Gasteiger partial charge < -0.3 is 62.2 Å². The first-order valence-corrected chi connectivity index (χ1v) is 20.5. The van der Waals surface area contributed by atoms with E-state index in [1.165, 1.54) is 0 Å². The fraction of sp³-hybridized carbons (Fsp3) is 0.725. The Labute approximate surface area is 351 Å². The number of nitrogens with zero attached hydrogens (tertiary/aromatic N) is 1. The fourth-order valence-electron chi connectivity index (χ4n) is 5.61. The maximum atomic E-state index is 13.2. The van der Waals surface area contributed by atoms with Crippen LogP contribution >= 0.6 is 0 Å². The number of carbonyl (C=O) groups is 5. The van der Waals surface area contributed by atoms with Gasteiger partial charge in [-0.2, -0.15) is 0 Å². The monoisotopic (exact) mass is 857 g/mol. The molecule has 2 N–H and O–H groups in total. The van der Waals surface area contributed by atoms with Crippen molar-refractivity contribution >= 4 is 35.3 Å². The first kappa shape index (κ1) is 50.7. The van der Waals surface area contributed by atoms with Crippen LogP contribution in [0.3, 0.4) is 0 Å². The molecule has 1 fully saturated rings. The van der Waals surface area contributed by atoms with E-state index in [0.717, 1.165) is 4.90 Å². The number of hydrogen-bond donors (Lipinski definition) is 2. The highest BCUT2D eigenvalue weighted by molar-refractivity contribution is 6.25. The van der Waals surface area contributed by atoms with E-state index >= 15 is 0 Å². The summed E-state index contributed by atoms with van der Waals surface area (Å²) in [5.41, 5.74) is 0.895. The van der Waals surface area contributed by atoms with Crippen LogP contribution in [0.5, 0.6) is 0 Å². The van der Waals surface area contributed by atoms with Crippen molar-refractivity contribution in [3.8, 4) is 0 Å². The lowest BCUT2D eigenvalue weighted by Gasteiger charge is -2.27. The number of rotatable bonds is 39. The highest BCUT2D eigenvalue weighted by Gasteiger charge is 2.45. The van der Waals surface area contributed by atoms with E-state index in [1.54, 1.807) is 25.1 Å². The van der Waals surface area contributed by atoms with Gasteiger partial charge in [-0.15, -0.1) is 0 Å². The van der Waals surface area contributed by atoms with Crippen LogP contribution in [-0.2, 0) is 71.2 Å². The summed E-state index contributed by atoms with van der Waals surface area (Å²) in [6.07, 6.45) is 0.405. The molecule has 20 nitrogen and oxygen atoms in total. The van der Waals surface area contributed by atoms with Crippen LogP contribution in [0, 0.1) is 0 Å². The van der Waals surface area contributed by atoms with Gasteiger partial charge in [0.2, 0.25) is 11.8 Å². The highest BCUT2D eigenvalue weighted by Crippen LogP contribution is 2.32. The van der Waals surface area contributed by atoms with Gasteiger partial charge in [-0.25, -0.2) is 0 Å². The topological polar surface area (TPSA) is 223 Å². The minimum atomic E-state index is -1.01. The van der Waals surface area contributed by atoms with E-state index in [-0.39, 0.29) is 36.4 Å². The number of esters is 1. The van der Waals surface area contributed by atoms with Gasteiger partial charge in [-0.1, -0.05) is 6.07 Å². The van der Waals surface area contributed by atoms with E-state index in [9.17, 15) is 24.0 Å². The van der Waals surface area contributed by atoms with Crippen molar-refractivity contribution in [3.05, 3.63) is 29.3 Å². The van der Waals surface area contributed by atoms with E-state index in [0.29, 0.717) is 164 Å². The molecule has 0 spiro atoms. The second kappa shape index (κ2) is 33.0. The fourth-order valence-corrected chi connectivity index (χ4v) is 5.61. The molecule has 4 amide bonds. The Balaban J connectivity index is 0.979. The van der Waals surface area contributed by atoms with Gasteiger partial charge in [0.05, 0.1) is 170 Å². The number of nitrogens with one attached hydrogen (secondary N) is 2. The third-order valence-electron chi connectivity index (χ3n) is 8.51. The molecule has 1 atom stereocenters. The van der Waals surface area contributed by atoms with E-state index < -0.39 is 29.7 Å². The molecule has 2 aliphatic heterocycles. The van der Waals surface area contributed by atoms with Crippen LogP contribution in [0.15, 0.2) is 18.2 Å². The Morgan fingerprint density at radius 2 is 1.02 bits per heavy atom. The van der Waals surface area contributed by atoms with Crippen LogP contribution in [0.4, 0.5) is 5.69 Å². The van der Waals surface area contributed by atoms with Gasteiger partial charge in [0.25, 0.3) is 11.8 Å². The SMILES string of the molecule is CCOC(=O)CCOCCOCCOCCOCCOCCOCCOCCOCCOCCOCCOCCNc1cccc2c1C(=O)N(C1CCC(=O)NC1=O)C2=O. The molecule has 0 radical (unpaired) electrons. The molecule has 0 aliphatic carbocycles. The van der Waals surface area contributed by atoms with Crippen molar-refractivity contribution in [1.82, 2.24) is 10.2 Å². The van der Waals surface area contributed by atoms with Gasteiger partial charge in [0, 0.05) is 18.7 Å². The number of amides is 4. The van der Waals surface area contributed by atoms with Crippen LogP contribution in [-0.4, -0.2) is 199 Å². The zero-order chi connectivity index (χ0) is 42.9. The summed E-state index contributed by atoms with van der Waals surface area (Å²) < 4.78 is 65.0. The maximum Gasteiger partial charge on any atom is 0.308 e. The lowest BCUT2D eigenvalue weighted by atomic mass is 10.0. The molecule has 1 unspecified atom stereocenters. The Kier molecular flexibility index (Phi) is 27.9. The van der Waals surface area contributed by atoms with Gasteiger partial charge in [0.1, 0.15) is 6.04 Å². The number of imide groups is 2. The normalized spacial score (nSPS) is 15.2. The lowest BCUT2D eigenvalue weighted by molar-refractivity contribution is -0.144. The van der Waals surface area contributed by atoms with Crippen LogP contribution < -0.4 is 10.6 Å². The summed E-state index contributed by atoms with van der Waals surface area (Å²) in [6, 6.07) is 3.89. The van der Waals surface area contributed by atoms with Gasteiger partial charge in [-0.05, 0) is 25.5 Å². The zero-order valence-electron chi connectivity index (χ0n) is 34.8. The second-order valence-corrected chi connectivity index (χ2v) is 12.9. The molecule has 340 valence electrons. The molecule has 1 saturated heterocycles. The van der Waals surface area contributed by atoms with Crippen molar-refractivity contribution in [2.45, 2.75) is 32.2 Å². The van der Waals surface area contributed by atoms with E-state index in [1.807, 2.05) is 0 Å². The minimum absolute atomic E-state index is 0.0620. The van der Waals surface area contributed by atoms with E-state index in [4.69, 9.17) is 56.8 Å². The van der Waals surface area contributed by atoms with Crippen molar-refractivity contribution in [2.75, 3.05) is 164 Å². The Bertz CT molecular complexity index is 1390. The molecule has 2 aliphatic rings. The predicted molar refractivity (Wildman–Crippen MR) is 212 cm³/mol. The van der Waals surface area contributed by atoms with E-state index in [2.05, 4.69) is 10.6 Å². The molecule has 0 aromatic heterocycles. The molecular weight excluding hydrogens is 794 g/mol. The Morgan fingerprint density at radius 3 is 1.43 bits per heavy atom. The van der Waals surface area contributed by atoms with Gasteiger partial charge in [0.15, 0.2) is 0 Å². The summed E-state index contributed by atoms with van der Waals surface area (Å²) in [4.78, 5) is 62.1. The first-order chi connectivity index (χ1) is 29.4. The van der Waals surface area contributed by atoms with Gasteiger partial charge >= 0.3 is 5.97 Å².